The van der Waals surface area contributed by atoms with Crippen molar-refractivity contribution in [3.05, 3.63) is 0 Å². The molecular formula is C17H31NO3. The predicted octanol–water partition coefficient (Wildman–Crippen LogP) is 2.32. The number of piperidine rings is 1. The van der Waals surface area contributed by atoms with Gasteiger partial charge in [0.25, 0.3) is 0 Å². The van der Waals surface area contributed by atoms with Gasteiger partial charge in [0, 0.05) is 51.5 Å². The third-order valence-electron chi connectivity index (χ3n) is 5.52. The van der Waals surface area contributed by atoms with Crippen LogP contribution >= 0.6 is 0 Å². The van der Waals surface area contributed by atoms with E-state index in [1.807, 2.05) is 0 Å². The van der Waals surface area contributed by atoms with Gasteiger partial charge in [-0.25, -0.2) is 0 Å². The number of rotatable bonds is 5. The highest BCUT2D eigenvalue weighted by atomic mass is 16.5. The zero-order valence-electron chi connectivity index (χ0n) is 13.5. The molecule has 0 aromatic carbocycles. The molecule has 122 valence electrons. The molecule has 0 amide bonds. The topological polar surface area (TPSA) is 30.9 Å². The molecule has 0 N–H and O–H groups in total. The Hall–Kier alpha value is -0.160. The SMILES string of the molecule is CCOC[C@]12CCCO[C@H]1CCN(CC1CCOCC1)C2. The number of hydrogen-bond donors (Lipinski definition) is 0. The van der Waals surface area contributed by atoms with Crippen molar-refractivity contribution in [2.24, 2.45) is 11.3 Å². The molecule has 0 aromatic heterocycles. The van der Waals surface area contributed by atoms with E-state index >= 15 is 0 Å². The Bertz CT molecular complexity index is 319. The van der Waals surface area contributed by atoms with Crippen molar-refractivity contribution < 1.29 is 14.2 Å². The zero-order valence-corrected chi connectivity index (χ0v) is 13.5. The van der Waals surface area contributed by atoms with E-state index in [4.69, 9.17) is 14.2 Å². The van der Waals surface area contributed by atoms with Crippen LogP contribution in [0.4, 0.5) is 0 Å². The van der Waals surface area contributed by atoms with Crippen molar-refractivity contribution in [3.8, 4) is 0 Å². The van der Waals surface area contributed by atoms with Gasteiger partial charge in [0.1, 0.15) is 0 Å². The van der Waals surface area contributed by atoms with E-state index in [0.717, 1.165) is 45.5 Å². The average Bonchev–Trinajstić information content (AvgIpc) is 2.54. The lowest BCUT2D eigenvalue weighted by molar-refractivity contribution is -0.154. The quantitative estimate of drug-likeness (QED) is 0.779. The molecule has 3 aliphatic heterocycles. The highest BCUT2D eigenvalue weighted by Crippen LogP contribution is 2.40. The van der Waals surface area contributed by atoms with E-state index in [1.54, 1.807) is 0 Å². The highest BCUT2D eigenvalue weighted by molar-refractivity contribution is 4.97. The fourth-order valence-corrected chi connectivity index (χ4v) is 4.35. The summed E-state index contributed by atoms with van der Waals surface area (Å²) in [5.74, 6) is 0.823. The number of ether oxygens (including phenoxy) is 3. The molecule has 3 aliphatic rings. The van der Waals surface area contributed by atoms with Crippen molar-refractivity contribution in [2.75, 3.05) is 52.7 Å². The van der Waals surface area contributed by atoms with E-state index in [9.17, 15) is 0 Å². The van der Waals surface area contributed by atoms with Crippen LogP contribution in [-0.2, 0) is 14.2 Å². The molecule has 4 heteroatoms. The lowest BCUT2D eigenvalue weighted by Crippen LogP contribution is -2.57. The number of fused-ring (bicyclic) bond motifs is 1. The molecule has 3 rings (SSSR count). The molecule has 0 unspecified atom stereocenters. The molecule has 2 atom stereocenters. The minimum absolute atomic E-state index is 0.248. The second kappa shape index (κ2) is 7.40. The lowest BCUT2D eigenvalue weighted by atomic mass is 9.72. The number of likely N-dealkylation sites (tertiary alicyclic amines) is 1. The van der Waals surface area contributed by atoms with Crippen LogP contribution in [0, 0.1) is 11.3 Å². The summed E-state index contributed by atoms with van der Waals surface area (Å²) in [6, 6.07) is 0. The van der Waals surface area contributed by atoms with Gasteiger partial charge < -0.3 is 19.1 Å². The summed E-state index contributed by atoms with van der Waals surface area (Å²) in [6.07, 6.45) is 6.51. The van der Waals surface area contributed by atoms with E-state index in [0.29, 0.717) is 6.10 Å². The summed E-state index contributed by atoms with van der Waals surface area (Å²) in [7, 11) is 0. The highest BCUT2D eigenvalue weighted by Gasteiger charge is 2.46. The average molecular weight is 297 g/mol. The molecule has 0 radical (unpaired) electrons. The molecule has 0 saturated carbocycles. The van der Waals surface area contributed by atoms with Crippen LogP contribution in [0.2, 0.25) is 0 Å². The predicted molar refractivity (Wildman–Crippen MR) is 82.5 cm³/mol. The molecule has 3 fully saturated rings. The van der Waals surface area contributed by atoms with E-state index in [1.165, 1.54) is 45.2 Å². The molecule has 21 heavy (non-hydrogen) atoms. The molecule has 0 aromatic rings. The Morgan fingerprint density at radius 2 is 2.05 bits per heavy atom. The zero-order chi connectivity index (χ0) is 14.5. The van der Waals surface area contributed by atoms with Crippen LogP contribution in [0.1, 0.15) is 39.0 Å². The molecule has 3 heterocycles. The molecule has 3 saturated heterocycles. The van der Waals surface area contributed by atoms with Crippen LogP contribution in [-0.4, -0.2) is 63.7 Å². The Morgan fingerprint density at radius 3 is 2.86 bits per heavy atom. The van der Waals surface area contributed by atoms with Crippen molar-refractivity contribution in [1.82, 2.24) is 4.90 Å². The van der Waals surface area contributed by atoms with E-state index in [-0.39, 0.29) is 5.41 Å². The number of nitrogens with zero attached hydrogens (tertiary/aromatic N) is 1. The summed E-state index contributed by atoms with van der Waals surface area (Å²) in [6.45, 7) is 10.2. The first-order chi connectivity index (χ1) is 10.3. The molecule has 0 aliphatic carbocycles. The minimum atomic E-state index is 0.248. The van der Waals surface area contributed by atoms with Crippen LogP contribution < -0.4 is 0 Å². The Labute approximate surface area is 129 Å². The van der Waals surface area contributed by atoms with Crippen molar-refractivity contribution in [1.29, 1.82) is 0 Å². The van der Waals surface area contributed by atoms with Crippen molar-refractivity contribution in [2.45, 2.75) is 45.1 Å². The van der Waals surface area contributed by atoms with E-state index < -0.39 is 0 Å². The summed E-state index contributed by atoms with van der Waals surface area (Å²) >= 11 is 0. The van der Waals surface area contributed by atoms with Gasteiger partial charge in [-0.2, -0.15) is 0 Å². The van der Waals surface area contributed by atoms with Crippen LogP contribution in [0.15, 0.2) is 0 Å². The minimum Gasteiger partial charge on any atom is -0.381 e. The van der Waals surface area contributed by atoms with E-state index in [2.05, 4.69) is 11.8 Å². The summed E-state index contributed by atoms with van der Waals surface area (Å²) in [5.41, 5.74) is 0.248. The molecule has 0 bridgehead atoms. The summed E-state index contributed by atoms with van der Waals surface area (Å²) < 4.78 is 17.4. The fourth-order valence-electron chi connectivity index (χ4n) is 4.35. The van der Waals surface area contributed by atoms with Gasteiger partial charge in [0.15, 0.2) is 0 Å². The fraction of sp³-hybridized carbons (Fsp3) is 1.00. The van der Waals surface area contributed by atoms with Gasteiger partial charge >= 0.3 is 0 Å². The summed E-state index contributed by atoms with van der Waals surface area (Å²) in [5, 5.41) is 0. The van der Waals surface area contributed by atoms with Crippen LogP contribution in [0.5, 0.6) is 0 Å². The van der Waals surface area contributed by atoms with Gasteiger partial charge in [0.05, 0.1) is 12.7 Å². The van der Waals surface area contributed by atoms with Crippen LogP contribution in [0.3, 0.4) is 0 Å². The molecule has 4 nitrogen and oxygen atoms in total. The Morgan fingerprint density at radius 1 is 1.19 bits per heavy atom. The first-order valence-electron chi connectivity index (χ1n) is 8.82. The van der Waals surface area contributed by atoms with Gasteiger partial charge in [0.2, 0.25) is 0 Å². The molecular weight excluding hydrogens is 266 g/mol. The standard InChI is InChI=1S/C17H31NO3/c1-2-19-14-17-7-3-9-21-16(17)4-8-18(13-17)12-15-5-10-20-11-6-15/h15-16H,2-14H2,1H3/t16-,17+/m0/s1. The van der Waals surface area contributed by atoms with Gasteiger partial charge in [-0.15, -0.1) is 0 Å². The second-order valence-electron chi connectivity index (χ2n) is 7.04. The first kappa shape index (κ1) is 15.7. The summed E-state index contributed by atoms with van der Waals surface area (Å²) in [4.78, 5) is 2.68. The maximum atomic E-state index is 6.09. The number of hydrogen-bond acceptors (Lipinski definition) is 4. The monoisotopic (exact) mass is 297 g/mol. The largest absolute Gasteiger partial charge is 0.381 e. The Kier molecular flexibility index (Phi) is 5.54. The van der Waals surface area contributed by atoms with Crippen molar-refractivity contribution >= 4 is 0 Å². The second-order valence-corrected chi connectivity index (χ2v) is 7.04. The van der Waals surface area contributed by atoms with Crippen LogP contribution in [0.25, 0.3) is 0 Å². The third kappa shape index (κ3) is 3.79. The Balaban J connectivity index is 1.60. The maximum absolute atomic E-state index is 6.09. The normalized spacial score (nSPS) is 35.6. The van der Waals surface area contributed by atoms with Gasteiger partial charge in [-0.3, -0.25) is 0 Å². The lowest BCUT2D eigenvalue weighted by Gasteiger charge is -2.51. The van der Waals surface area contributed by atoms with Gasteiger partial charge in [-0.05, 0) is 44.9 Å². The first-order valence-corrected chi connectivity index (χ1v) is 8.82. The van der Waals surface area contributed by atoms with Crippen molar-refractivity contribution in [3.63, 3.8) is 0 Å². The third-order valence-corrected chi connectivity index (χ3v) is 5.52. The molecule has 0 spiro atoms. The van der Waals surface area contributed by atoms with Gasteiger partial charge in [-0.1, -0.05) is 0 Å². The maximum Gasteiger partial charge on any atom is 0.0677 e. The smallest absolute Gasteiger partial charge is 0.0677 e.